The fourth-order valence-corrected chi connectivity index (χ4v) is 2.42. The quantitative estimate of drug-likeness (QED) is 0.844. The van der Waals surface area contributed by atoms with E-state index in [-0.39, 0.29) is 6.04 Å². The molecule has 0 saturated carbocycles. The summed E-state index contributed by atoms with van der Waals surface area (Å²) in [5.74, 6) is 0.782. The van der Waals surface area contributed by atoms with Gasteiger partial charge in [-0.1, -0.05) is 18.2 Å². The van der Waals surface area contributed by atoms with Gasteiger partial charge in [0.15, 0.2) is 0 Å². The lowest BCUT2D eigenvalue weighted by Gasteiger charge is -2.14. The van der Waals surface area contributed by atoms with Crippen molar-refractivity contribution >= 4 is 10.0 Å². The van der Waals surface area contributed by atoms with E-state index in [0.717, 1.165) is 17.6 Å². The Morgan fingerprint density at radius 1 is 1.38 bits per heavy atom. The van der Waals surface area contributed by atoms with Crippen LogP contribution in [0.2, 0.25) is 0 Å². The molecule has 16 heavy (non-hydrogen) atoms. The summed E-state index contributed by atoms with van der Waals surface area (Å²) >= 11 is 0. The van der Waals surface area contributed by atoms with Crippen molar-refractivity contribution in [1.82, 2.24) is 4.72 Å². The van der Waals surface area contributed by atoms with Crippen molar-refractivity contribution in [2.45, 2.75) is 19.4 Å². The number of ether oxygens (including phenoxy) is 1. The summed E-state index contributed by atoms with van der Waals surface area (Å²) in [7, 11) is -1.55. The molecule has 0 amide bonds. The molecule has 4 nitrogen and oxygen atoms in total. The van der Waals surface area contributed by atoms with Gasteiger partial charge >= 0.3 is 0 Å². The van der Waals surface area contributed by atoms with Crippen molar-refractivity contribution in [2.75, 3.05) is 13.4 Å². The van der Waals surface area contributed by atoms with Crippen molar-refractivity contribution in [3.05, 3.63) is 29.8 Å². The second-order valence-electron chi connectivity index (χ2n) is 3.81. The van der Waals surface area contributed by atoms with E-state index in [2.05, 4.69) is 4.72 Å². The third-order valence-corrected chi connectivity index (χ3v) is 2.96. The van der Waals surface area contributed by atoms with E-state index in [9.17, 15) is 8.42 Å². The van der Waals surface area contributed by atoms with E-state index in [4.69, 9.17) is 4.74 Å². The fourth-order valence-electron chi connectivity index (χ4n) is 1.61. The molecule has 0 aliphatic rings. The maximum Gasteiger partial charge on any atom is 0.208 e. The van der Waals surface area contributed by atoms with Gasteiger partial charge < -0.3 is 4.74 Å². The topological polar surface area (TPSA) is 55.4 Å². The third-order valence-electron chi connectivity index (χ3n) is 2.13. The van der Waals surface area contributed by atoms with Crippen molar-refractivity contribution in [1.29, 1.82) is 0 Å². The molecule has 0 spiro atoms. The molecule has 1 unspecified atom stereocenters. The summed E-state index contributed by atoms with van der Waals surface area (Å²) in [5, 5.41) is 0. The Bertz CT molecular complexity index is 442. The zero-order valence-corrected chi connectivity index (χ0v) is 10.5. The summed E-state index contributed by atoms with van der Waals surface area (Å²) in [6.45, 7) is 1.83. The average molecular weight is 243 g/mol. The van der Waals surface area contributed by atoms with Crippen LogP contribution in [0.25, 0.3) is 0 Å². The SMILES string of the molecule is COc1ccccc1CC(C)NS(C)(=O)=O. The zero-order chi connectivity index (χ0) is 12.2. The van der Waals surface area contributed by atoms with Gasteiger partial charge in [-0.25, -0.2) is 13.1 Å². The van der Waals surface area contributed by atoms with Crippen LogP contribution in [0, 0.1) is 0 Å². The normalized spacial score (nSPS) is 13.4. The summed E-state index contributed by atoms with van der Waals surface area (Å²) in [5.41, 5.74) is 0.994. The molecular formula is C11H17NO3S. The highest BCUT2D eigenvalue weighted by Crippen LogP contribution is 2.18. The Hall–Kier alpha value is -1.07. The van der Waals surface area contributed by atoms with E-state index in [0.29, 0.717) is 6.42 Å². The largest absolute Gasteiger partial charge is 0.496 e. The highest BCUT2D eigenvalue weighted by Gasteiger charge is 2.11. The molecule has 0 heterocycles. The summed E-state index contributed by atoms with van der Waals surface area (Å²) in [6.07, 6.45) is 1.77. The van der Waals surface area contributed by atoms with E-state index >= 15 is 0 Å². The van der Waals surface area contributed by atoms with Crippen molar-refractivity contribution < 1.29 is 13.2 Å². The number of sulfonamides is 1. The van der Waals surface area contributed by atoms with Crippen LogP contribution in [0.5, 0.6) is 5.75 Å². The predicted octanol–water partition coefficient (Wildman–Crippen LogP) is 1.18. The average Bonchev–Trinajstić information content (AvgIpc) is 2.15. The Labute approximate surface area is 96.7 Å². The molecule has 0 saturated heterocycles. The molecule has 0 radical (unpaired) electrons. The van der Waals surface area contributed by atoms with Gasteiger partial charge in [-0.2, -0.15) is 0 Å². The van der Waals surface area contributed by atoms with Crippen LogP contribution in [0.15, 0.2) is 24.3 Å². The number of nitrogens with one attached hydrogen (secondary N) is 1. The van der Waals surface area contributed by atoms with E-state index < -0.39 is 10.0 Å². The molecule has 1 rings (SSSR count). The number of benzene rings is 1. The van der Waals surface area contributed by atoms with Gasteiger partial charge in [-0.3, -0.25) is 0 Å². The van der Waals surface area contributed by atoms with E-state index in [1.807, 2.05) is 31.2 Å². The monoisotopic (exact) mass is 243 g/mol. The van der Waals surface area contributed by atoms with Gasteiger partial charge in [0.05, 0.1) is 13.4 Å². The number of hydrogen-bond acceptors (Lipinski definition) is 3. The summed E-state index contributed by atoms with van der Waals surface area (Å²) < 4.78 is 29.8. The molecule has 1 aromatic carbocycles. The third kappa shape index (κ3) is 4.20. The first-order valence-electron chi connectivity index (χ1n) is 5.01. The lowest BCUT2D eigenvalue weighted by molar-refractivity contribution is 0.407. The van der Waals surface area contributed by atoms with Crippen molar-refractivity contribution in [3.8, 4) is 5.75 Å². The smallest absolute Gasteiger partial charge is 0.208 e. The van der Waals surface area contributed by atoms with Crippen LogP contribution in [0.1, 0.15) is 12.5 Å². The minimum atomic E-state index is -3.15. The van der Waals surface area contributed by atoms with Crippen LogP contribution in [-0.4, -0.2) is 27.8 Å². The first kappa shape index (κ1) is 13.0. The molecular weight excluding hydrogens is 226 g/mol. The predicted molar refractivity (Wildman–Crippen MR) is 64.1 cm³/mol. The highest BCUT2D eigenvalue weighted by atomic mass is 32.2. The van der Waals surface area contributed by atoms with Gasteiger partial charge in [0, 0.05) is 6.04 Å². The summed E-state index contributed by atoms with van der Waals surface area (Å²) in [6, 6.07) is 7.44. The van der Waals surface area contributed by atoms with E-state index in [1.165, 1.54) is 0 Å². The number of hydrogen-bond donors (Lipinski definition) is 1. The lowest BCUT2D eigenvalue weighted by Crippen LogP contribution is -2.33. The lowest BCUT2D eigenvalue weighted by atomic mass is 10.1. The van der Waals surface area contributed by atoms with E-state index in [1.54, 1.807) is 7.11 Å². The molecule has 0 aliphatic heterocycles. The number of methoxy groups -OCH3 is 1. The fraction of sp³-hybridized carbons (Fsp3) is 0.455. The number of rotatable bonds is 5. The summed E-state index contributed by atoms with van der Waals surface area (Å²) in [4.78, 5) is 0. The van der Waals surface area contributed by atoms with Crippen LogP contribution in [0.4, 0.5) is 0 Å². The molecule has 0 aromatic heterocycles. The van der Waals surface area contributed by atoms with Gasteiger partial charge in [-0.05, 0) is 25.0 Å². The Morgan fingerprint density at radius 3 is 2.56 bits per heavy atom. The standard InChI is InChI=1S/C11H17NO3S/c1-9(12-16(3,13)14)8-10-6-4-5-7-11(10)15-2/h4-7,9,12H,8H2,1-3H3. The second-order valence-corrected chi connectivity index (χ2v) is 5.59. The first-order chi connectivity index (χ1) is 7.42. The molecule has 1 aromatic rings. The minimum absolute atomic E-state index is 0.147. The van der Waals surface area contributed by atoms with Crippen molar-refractivity contribution in [2.24, 2.45) is 0 Å². The maximum absolute atomic E-state index is 11.0. The molecule has 1 N–H and O–H groups in total. The first-order valence-corrected chi connectivity index (χ1v) is 6.90. The van der Waals surface area contributed by atoms with Gasteiger partial charge in [0.25, 0.3) is 0 Å². The maximum atomic E-state index is 11.0. The van der Waals surface area contributed by atoms with Crippen LogP contribution in [-0.2, 0) is 16.4 Å². The van der Waals surface area contributed by atoms with Gasteiger partial charge in [0.1, 0.15) is 5.75 Å². The molecule has 90 valence electrons. The molecule has 0 fully saturated rings. The Morgan fingerprint density at radius 2 is 2.00 bits per heavy atom. The van der Waals surface area contributed by atoms with Crippen LogP contribution in [0.3, 0.4) is 0 Å². The highest BCUT2D eigenvalue weighted by molar-refractivity contribution is 7.88. The Balaban J connectivity index is 2.73. The van der Waals surface area contributed by atoms with Crippen LogP contribution < -0.4 is 9.46 Å². The van der Waals surface area contributed by atoms with Gasteiger partial charge in [0.2, 0.25) is 10.0 Å². The molecule has 0 bridgehead atoms. The van der Waals surface area contributed by atoms with Crippen LogP contribution >= 0.6 is 0 Å². The zero-order valence-electron chi connectivity index (χ0n) is 9.73. The van der Waals surface area contributed by atoms with Crippen molar-refractivity contribution in [3.63, 3.8) is 0 Å². The second kappa shape index (κ2) is 5.32. The number of para-hydroxylation sites is 1. The molecule has 0 aliphatic carbocycles. The Kier molecular flexibility index (Phi) is 4.32. The minimum Gasteiger partial charge on any atom is -0.496 e. The molecule has 1 atom stereocenters. The molecule has 5 heteroatoms. The van der Waals surface area contributed by atoms with Gasteiger partial charge in [-0.15, -0.1) is 0 Å².